The summed E-state index contributed by atoms with van der Waals surface area (Å²) in [4.78, 5) is 13.0. The van der Waals surface area contributed by atoms with Crippen LogP contribution in [0.25, 0.3) is 0 Å². The van der Waals surface area contributed by atoms with Crippen LogP contribution in [0.15, 0.2) is 29.2 Å². The average Bonchev–Trinajstić information content (AvgIpc) is 2.38. The fraction of sp³-hybridized carbons (Fsp3) is 0.533. The maximum absolute atomic E-state index is 11.8. The van der Waals surface area contributed by atoms with Gasteiger partial charge in [0.25, 0.3) is 0 Å². The molecule has 0 saturated carbocycles. The number of nitrogens with two attached hydrogens (primary N) is 1. The smallest absolute Gasteiger partial charge is 0.236 e. The van der Waals surface area contributed by atoms with Crippen molar-refractivity contribution < 1.29 is 4.79 Å². The molecule has 3 nitrogen and oxygen atoms in total. The second kappa shape index (κ2) is 8.23. The average molecular weight is 280 g/mol. The monoisotopic (exact) mass is 280 g/mol. The van der Waals surface area contributed by atoms with Gasteiger partial charge in [-0.2, -0.15) is 0 Å². The van der Waals surface area contributed by atoms with Gasteiger partial charge < -0.3 is 11.1 Å². The van der Waals surface area contributed by atoms with Gasteiger partial charge in [-0.1, -0.05) is 32.0 Å². The topological polar surface area (TPSA) is 55.1 Å². The molecule has 1 rings (SSSR count). The molecule has 1 aromatic rings. The Morgan fingerprint density at radius 3 is 2.68 bits per heavy atom. The maximum atomic E-state index is 11.8. The molecule has 0 aliphatic carbocycles. The van der Waals surface area contributed by atoms with Crippen molar-refractivity contribution in [3.63, 3.8) is 0 Å². The van der Waals surface area contributed by atoms with E-state index in [1.165, 1.54) is 10.5 Å². The molecule has 0 aromatic heterocycles. The first kappa shape index (κ1) is 16.1. The number of amides is 1. The van der Waals surface area contributed by atoms with Crippen LogP contribution >= 0.6 is 11.8 Å². The van der Waals surface area contributed by atoms with E-state index in [1.807, 2.05) is 12.1 Å². The van der Waals surface area contributed by atoms with Crippen LogP contribution < -0.4 is 11.1 Å². The van der Waals surface area contributed by atoms with Crippen molar-refractivity contribution in [2.24, 2.45) is 11.7 Å². The number of hydrogen-bond donors (Lipinski definition) is 2. The molecule has 0 saturated heterocycles. The van der Waals surface area contributed by atoms with Crippen molar-refractivity contribution in [3.8, 4) is 0 Å². The van der Waals surface area contributed by atoms with Gasteiger partial charge in [0.2, 0.25) is 5.91 Å². The van der Waals surface area contributed by atoms with Crippen molar-refractivity contribution in [2.45, 2.75) is 37.6 Å². The van der Waals surface area contributed by atoms with E-state index in [1.54, 1.807) is 11.8 Å². The number of rotatable bonds is 7. The van der Waals surface area contributed by atoms with Gasteiger partial charge in [-0.3, -0.25) is 4.79 Å². The minimum atomic E-state index is -0.393. The third kappa shape index (κ3) is 5.66. The van der Waals surface area contributed by atoms with Gasteiger partial charge in [-0.25, -0.2) is 0 Å². The Labute approximate surface area is 120 Å². The lowest BCUT2D eigenvalue weighted by atomic mass is 10.0. The van der Waals surface area contributed by atoms with E-state index in [2.05, 4.69) is 37.6 Å². The van der Waals surface area contributed by atoms with E-state index >= 15 is 0 Å². The number of thioether (sulfide) groups is 1. The summed E-state index contributed by atoms with van der Waals surface area (Å²) in [5.74, 6) is 0.397. The first-order chi connectivity index (χ1) is 9.04. The zero-order chi connectivity index (χ0) is 14.3. The zero-order valence-corrected chi connectivity index (χ0v) is 12.8. The van der Waals surface area contributed by atoms with Crippen molar-refractivity contribution in [1.82, 2.24) is 5.32 Å². The van der Waals surface area contributed by atoms with Crippen molar-refractivity contribution >= 4 is 17.7 Å². The molecule has 19 heavy (non-hydrogen) atoms. The van der Waals surface area contributed by atoms with Crippen molar-refractivity contribution in [1.29, 1.82) is 0 Å². The summed E-state index contributed by atoms with van der Waals surface area (Å²) in [6, 6.07) is 7.88. The lowest BCUT2D eigenvalue weighted by Gasteiger charge is -2.14. The van der Waals surface area contributed by atoms with Crippen molar-refractivity contribution in [2.75, 3.05) is 12.8 Å². The lowest BCUT2D eigenvalue weighted by Crippen LogP contribution is -2.42. The van der Waals surface area contributed by atoms with E-state index in [0.29, 0.717) is 12.5 Å². The SMILES string of the molecule is CSc1ccccc1CCNC(=O)[C@@H](N)CC(C)C. The summed E-state index contributed by atoms with van der Waals surface area (Å²) < 4.78 is 0. The fourth-order valence-corrected chi connectivity index (χ4v) is 2.62. The number of nitrogens with one attached hydrogen (secondary N) is 1. The van der Waals surface area contributed by atoms with E-state index in [-0.39, 0.29) is 5.91 Å². The van der Waals surface area contributed by atoms with Crippen LogP contribution in [0.5, 0.6) is 0 Å². The maximum Gasteiger partial charge on any atom is 0.236 e. The van der Waals surface area contributed by atoms with Gasteiger partial charge in [0, 0.05) is 11.4 Å². The minimum absolute atomic E-state index is 0.0460. The van der Waals surface area contributed by atoms with Crippen LogP contribution in [-0.4, -0.2) is 24.7 Å². The van der Waals surface area contributed by atoms with Gasteiger partial charge in [0.05, 0.1) is 6.04 Å². The summed E-state index contributed by atoms with van der Waals surface area (Å²) in [7, 11) is 0. The van der Waals surface area contributed by atoms with Crippen LogP contribution in [0, 0.1) is 5.92 Å². The molecule has 0 radical (unpaired) electrons. The Morgan fingerprint density at radius 2 is 2.05 bits per heavy atom. The van der Waals surface area contributed by atoms with Gasteiger partial charge in [0.1, 0.15) is 0 Å². The molecule has 0 aliphatic rings. The molecule has 1 amide bonds. The Bertz CT molecular complexity index is 407. The molecule has 1 aromatic carbocycles. The van der Waals surface area contributed by atoms with Gasteiger partial charge >= 0.3 is 0 Å². The summed E-state index contributed by atoms with van der Waals surface area (Å²) in [6.07, 6.45) is 3.64. The number of hydrogen-bond acceptors (Lipinski definition) is 3. The lowest BCUT2D eigenvalue weighted by molar-refractivity contribution is -0.122. The highest BCUT2D eigenvalue weighted by Crippen LogP contribution is 2.19. The third-order valence-corrected chi connectivity index (χ3v) is 3.79. The fourth-order valence-electron chi connectivity index (χ4n) is 1.98. The highest BCUT2D eigenvalue weighted by Gasteiger charge is 2.14. The summed E-state index contributed by atoms with van der Waals surface area (Å²) in [5, 5.41) is 2.91. The summed E-state index contributed by atoms with van der Waals surface area (Å²) in [6.45, 7) is 4.78. The Morgan fingerprint density at radius 1 is 1.37 bits per heavy atom. The van der Waals surface area contributed by atoms with Crippen LogP contribution in [0.1, 0.15) is 25.8 Å². The van der Waals surface area contributed by atoms with Gasteiger partial charge in [-0.15, -0.1) is 11.8 Å². The molecular weight excluding hydrogens is 256 g/mol. The predicted octanol–water partition coefficient (Wildman–Crippen LogP) is 2.44. The molecular formula is C15H24N2OS. The molecule has 0 spiro atoms. The van der Waals surface area contributed by atoms with E-state index in [4.69, 9.17) is 5.73 Å². The van der Waals surface area contributed by atoms with Gasteiger partial charge in [-0.05, 0) is 36.6 Å². The summed E-state index contributed by atoms with van der Waals surface area (Å²) in [5.41, 5.74) is 7.11. The molecule has 3 N–H and O–H groups in total. The highest BCUT2D eigenvalue weighted by atomic mass is 32.2. The summed E-state index contributed by atoms with van der Waals surface area (Å²) >= 11 is 1.73. The normalized spacial score (nSPS) is 12.5. The van der Waals surface area contributed by atoms with Crippen LogP contribution in [0.2, 0.25) is 0 Å². The molecule has 0 aliphatic heterocycles. The molecule has 0 heterocycles. The van der Waals surface area contributed by atoms with Crippen LogP contribution in [0.4, 0.5) is 0 Å². The van der Waals surface area contributed by atoms with E-state index < -0.39 is 6.04 Å². The molecule has 0 bridgehead atoms. The molecule has 0 unspecified atom stereocenters. The molecule has 106 valence electrons. The number of carbonyl (C=O) groups is 1. The Hall–Kier alpha value is -1.00. The molecule has 1 atom stereocenters. The standard InChI is InChI=1S/C15H24N2OS/c1-11(2)10-13(16)15(18)17-9-8-12-6-4-5-7-14(12)19-3/h4-7,11,13H,8-10,16H2,1-3H3,(H,17,18)/t13-/m0/s1. The first-order valence-corrected chi connectivity index (χ1v) is 7.92. The van der Waals surface area contributed by atoms with Crippen LogP contribution in [-0.2, 0) is 11.2 Å². The Kier molecular flexibility index (Phi) is 6.95. The van der Waals surface area contributed by atoms with E-state index in [0.717, 1.165) is 12.8 Å². The zero-order valence-electron chi connectivity index (χ0n) is 12.0. The first-order valence-electron chi connectivity index (χ1n) is 6.69. The van der Waals surface area contributed by atoms with Crippen molar-refractivity contribution in [3.05, 3.63) is 29.8 Å². The largest absolute Gasteiger partial charge is 0.354 e. The number of carbonyl (C=O) groups excluding carboxylic acids is 1. The minimum Gasteiger partial charge on any atom is -0.354 e. The van der Waals surface area contributed by atoms with E-state index in [9.17, 15) is 4.79 Å². The number of benzene rings is 1. The second-order valence-corrected chi connectivity index (χ2v) is 5.94. The second-order valence-electron chi connectivity index (χ2n) is 5.09. The third-order valence-electron chi connectivity index (χ3n) is 2.95. The van der Waals surface area contributed by atoms with Gasteiger partial charge in [0.15, 0.2) is 0 Å². The highest BCUT2D eigenvalue weighted by molar-refractivity contribution is 7.98. The van der Waals surface area contributed by atoms with Crippen LogP contribution in [0.3, 0.4) is 0 Å². The quantitative estimate of drug-likeness (QED) is 0.754. The molecule has 4 heteroatoms. The Balaban J connectivity index is 2.39. The predicted molar refractivity (Wildman–Crippen MR) is 82.4 cm³/mol. The molecule has 0 fully saturated rings.